The summed E-state index contributed by atoms with van der Waals surface area (Å²) in [5.41, 5.74) is -0.160. The van der Waals surface area contributed by atoms with Gasteiger partial charge in [0.25, 0.3) is 0 Å². The van der Waals surface area contributed by atoms with Crippen LogP contribution >= 0.6 is 22.9 Å². The van der Waals surface area contributed by atoms with Crippen molar-refractivity contribution in [2.45, 2.75) is 24.5 Å². The van der Waals surface area contributed by atoms with Crippen LogP contribution in [0.15, 0.2) is 34.5 Å². The largest absolute Gasteiger partial charge is 0.416 e. The quantitative estimate of drug-likeness (QED) is 0.877. The molecule has 0 bridgehead atoms. The minimum atomic E-state index is -4.64. The Hall–Kier alpha value is -1.09. The van der Waals surface area contributed by atoms with Crippen LogP contribution in [0.3, 0.4) is 0 Å². The first-order chi connectivity index (χ1) is 10.1. The molecule has 0 fully saturated rings. The molecule has 3 nitrogen and oxygen atoms in total. The minimum absolute atomic E-state index is 0.00158. The zero-order valence-electron chi connectivity index (χ0n) is 11.2. The molecule has 0 aliphatic rings. The summed E-state index contributed by atoms with van der Waals surface area (Å²) in [5, 5.41) is 1.54. The lowest BCUT2D eigenvalue weighted by molar-refractivity contribution is -0.137. The highest BCUT2D eigenvalue weighted by Gasteiger charge is 2.32. The summed E-state index contributed by atoms with van der Waals surface area (Å²) < 4.78 is 64.7. The monoisotopic (exact) mass is 369 g/mol. The first-order valence-corrected chi connectivity index (χ1v) is 8.75. The Labute approximate surface area is 134 Å². The van der Waals surface area contributed by atoms with Crippen LogP contribution in [0.25, 0.3) is 0 Å². The zero-order valence-corrected chi connectivity index (χ0v) is 13.6. The number of hydrogen-bond acceptors (Lipinski definition) is 3. The van der Waals surface area contributed by atoms with E-state index in [1.54, 1.807) is 5.38 Å². The van der Waals surface area contributed by atoms with E-state index in [4.69, 9.17) is 11.6 Å². The summed E-state index contributed by atoms with van der Waals surface area (Å²) in [6.45, 7) is 1.82. The van der Waals surface area contributed by atoms with Gasteiger partial charge in [0.2, 0.25) is 10.0 Å². The fraction of sp³-hybridized carbons (Fsp3) is 0.231. The van der Waals surface area contributed by atoms with Gasteiger partial charge in [0.15, 0.2) is 0 Å². The van der Waals surface area contributed by atoms with Crippen molar-refractivity contribution in [3.63, 3.8) is 0 Å². The van der Waals surface area contributed by atoms with E-state index in [9.17, 15) is 21.6 Å². The summed E-state index contributed by atoms with van der Waals surface area (Å²) in [6, 6.07) is 4.03. The molecule has 0 saturated heterocycles. The number of hydrogen-bond donors (Lipinski definition) is 1. The van der Waals surface area contributed by atoms with Crippen molar-refractivity contribution in [1.82, 2.24) is 4.72 Å². The predicted octanol–water partition coefficient (Wildman–Crippen LogP) is 4.21. The van der Waals surface area contributed by atoms with Gasteiger partial charge in [0.1, 0.15) is 4.90 Å². The van der Waals surface area contributed by atoms with Gasteiger partial charge in [-0.25, -0.2) is 13.1 Å². The van der Waals surface area contributed by atoms with Crippen LogP contribution in [-0.2, 0) is 22.7 Å². The summed E-state index contributed by atoms with van der Waals surface area (Å²) >= 11 is 7.10. The fourth-order valence-electron chi connectivity index (χ4n) is 1.71. The van der Waals surface area contributed by atoms with Crippen molar-refractivity contribution in [1.29, 1.82) is 0 Å². The van der Waals surface area contributed by atoms with Crippen LogP contribution in [0.4, 0.5) is 13.2 Å². The van der Waals surface area contributed by atoms with Crippen molar-refractivity contribution in [2.75, 3.05) is 0 Å². The van der Waals surface area contributed by atoms with E-state index in [2.05, 4.69) is 4.72 Å². The second kappa shape index (κ2) is 6.19. The average Bonchev–Trinajstić information content (AvgIpc) is 2.81. The van der Waals surface area contributed by atoms with Crippen LogP contribution in [-0.4, -0.2) is 8.42 Å². The molecule has 2 rings (SSSR count). The second-order valence-electron chi connectivity index (χ2n) is 4.49. The average molecular weight is 370 g/mol. The van der Waals surface area contributed by atoms with Gasteiger partial charge >= 0.3 is 6.18 Å². The normalized spacial score (nSPS) is 12.6. The van der Waals surface area contributed by atoms with Crippen LogP contribution in [0, 0.1) is 6.92 Å². The summed E-state index contributed by atoms with van der Waals surface area (Å²) in [7, 11) is -4.14. The molecular weight excluding hydrogens is 359 g/mol. The number of thiophene rings is 1. The lowest BCUT2D eigenvalue weighted by Crippen LogP contribution is -2.24. The number of halogens is 4. The highest BCUT2D eigenvalue weighted by atomic mass is 35.5. The molecule has 120 valence electrons. The van der Waals surface area contributed by atoms with Gasteiger partial charge in [-0.15, -0.1) is 11.3 Å². The molecule has 1 N–H and O–H groups in total. The molecule has 1 aromatic heterocycles. The number of aryl methyl sites for hydroxylation is 1. The van der Waals surface area contributed by atoms with Crippen molar-refractivity contribution in [2.24, 2.45) is 0 Å². The number of nitrogens with one attached hydrogen (secondary N) is 1. The van der Waals surface area contributed by atoms with Crippen molar-refractivity contribution in [3.05, 3.63) is 50.7 Å². The SMILES string of the molecule is Cc1ccsc1CNS(=O)(=O)c1cc(C(F)(F)F)ccc1Cl. The first kappa shape index (κ1) is 17.3. The molecule has 0 amide bonds. The Morgan fingerprint density at radius 2 is 1.95 bits per heavy atom. The van der Waals surface area contributed by atoms with E-state index in [-0.39, 0.29) is 11.6 Å². The zero-order chi connectivity index (χ0) is 16.5. The van der Waals surface area contributed by atoms with Crippen LogP contribution in [0.1, 0.15) is 16.0 Å². The Balaban J connectivity index is 2.31. The van der Waals surface area contributed by atoms with E-state index in [1.807, 2.05) is 13.0 Å². The Morgan fingerprint density at radius 1 is 1.27 bits per heavy atom. The third kappa shape index (κ3) is 3.81. The lowest BCUT2D eigenvalue weighted by atomic mass is 10.2. The highest BCUT2D eigenvalue weighted by molar-refractivity contribution is 7.89. The van der Waals surface area contributed by atoms with Gasteiger partial charge in [-0.3, -0.25) is 0 Å². The molecule has 1 heterocycles. The van der Waals surface area contributed by atoms with E-state index < -0.39 is 26.7 Å². The van der Waals surface area contributed by atoms with Gasteiger partial charge in [-0.05, 0) is 42.1 Å². The molecule has 2 aromatic rings. The molecule has 1 aromatic carbocycles. The van der Waals surface area contributed by atoms with Crippen LogP contribution in [0.5, 0.6) is 0 Å². The summed E-state index contributed by atoms with van der Waals surface area (Å²) in [4.78, 5) is 0.199. The molecule has 0 saturated carbocycles. The Kier molecular flexibility index (Phi) is 4.86. The van der Waals surface area contributed by atoms with E-state index >= 15 is 0 Å². The van der Waals surface area contributed by atoms with Gasteiger partial charge in [0.05, 0.1) is 10.6 Å². The van der Waals surface area contributed by atoms with E-state index in [0.717, 1.165) is 22.6 Å². The Morgan fingerprint density at radius 3 is 2.50 bits per heavy atom. The van der Waals surface area contributed by atoms with Gasteiger partial charge in [0, 0.05) is 11.4 Å². The number of benzene rings is 1. The first-order valence-electron chi connectivity index (χ1n) is 6.00. The molecule has 0 aliphatic carbocycles. The maximum absolute atomic E-state index is 12.7. The van der Waals surface area contributed by atoms with Crippen molar-refractivity contribution in [3.8, 4) is 0 Å². The number of sulfonamides is 1. The Bertz CT molecular complexity index is 785. The molecule has 0 spiro atoms. The molecule has 22 heavy (non-hydrogen) atoms. The van der Waals surface area contributed by atoms with Crippen molar-refractivity contribution < 1.29 is 21.6 Å². The minimum Gasteiger partial charge on any atom is -0.207 e. The van der Waals surface area contributed by atoms with Crippen LogP contribution < -0.4 is 4.72 Å². The van der Waals surface area contributed by atoms with Gasteiger partial charge in [-0.1, -0.05) is 11.6 Å². The summed E-state index contributed by atoms with van der Waals surface area (Å²) in [6.07, 6.45) is -4.64. The molecule has 0 unspecified atom stereocenters. The lowest BCUT2D eigenvalue weighted by Gasteiger charge is -2.12. The maximum atomic E-state index is 12.7. The molecule has 9 heteroatoms. The standard InChI is InChI=1S/C13H11ClF3NO2S2/c1-8-4-5-21-11(8)7-18-22(19,20)12-6-9(13(15,16)17)2-3-10(12)14/h2-6,18H,7H2,1H3. The molecular formula is C13H11ClF3NO2S2. The van der Waals surface area contributed by atoms with E-state index in [0.29, 0.717) is 6.07 Å². The third-order valence-electron chi connectivity index (χ3n) is 2.94. The number of rotatable bonds is 4. The number of alkyl halides is 3. The summed E-state index contributed by atoms with van der Waals surface area (Å²) in [5.74, 6) is 0. The smallest absolute Gasteiger partial charge is 0.207 e. The fourth-order valence-corrected chi connectivity index (χ4v) is 4.17. The van der Waals surface area contributed by atoms with Gasteiger partial charge in [-0.2, -0.15) is 13.2 Å². The third-order valence-corrected chi connectivity index (χ3v) is 5.84. The highest BCUT2D eigenvalue weighted by Crippen LogP contribution is 2.33. The van der Waals surface area contributed by atoms with Crippen molar-refractivity contribution >= 4 is 33.0 Å². The second-order valence-corrected chi connectivity index (χ2v) is 7.64. The predicted molar refractivity (Wildman–Crippen MR) is 79.5 cm³/mol. The van der Waals surface area contributed by atoms with Crippen LogP contribution in [0.2, 0.25) is 5.02 Å². The topological polar surface area (TPSA) is 46.2 Å². The van der Waals surface area contributed by atoms with Gasteiger partial charge < -0.3 is 0 Å². The van der Waals surface area contributed by atoms with E-state index in [1.165, 1.54) is 11.3 Å². The molecule has 0 radical (unpaired) electrons. The molecule has 0 atom stereocenters. The maximum Gasteiger partial charge on any atom is 0.416 e. The molecule has 0 aliphatic heterocycles.